The molecule has 2 heteroatoms. The average molecular weight is 245 g/mol. The molecule has 18 heavy (non-hydrogen) atoms. The lowest BCUT2D eigenvalue weighted by Gasteiger charge is -2.23. The maximum atomic E-state index is 6.24. The monoisotopic (exact) mass is 245 g/mol. The Kier molecular flexibility index (Phi) is 3.76. The van der Waals surface area contributed by atoms with Crippen LogP contribution in [0.1, 0.15) is 50.8 Å². The Bertz CT molecular complexity index is 425. The van der Waals surface area contributed by atoms with Gasteiger partial charge in [0.05, 0.1) is 12.6 Å². The number of benzene rings is 1. The number of nitrogens with two attached hydrogens (primary N) is 1. The second kappa shape index (κ2) is 5.15. The fourth-order valence-electron chi connectivity index (χ4n) is 2.15. The molecule has 0 spiro atoms. The van der Waals surface area contributed by atoms with E-state index in [1.165, 1.54) is 5.56 Å². The second-order valence-electron chi connectivity index (χ2n) is 5.95. The van der Waals surface area contributed by atoms with Gasteiger partial charge in [0.2, 0.25) is 0 Å². The molecule has 98 valence electrons. The highest BCUT2D eigenvalue weighted by Gasteiger charge is 2.17. The molecule has 2 rings (SSSR count). The molecule has 0 saturated heterocycles. The third kappa shape index (κ3) is 2.94. The van der Waals surface area contributed by atoms with Crippen LogP contribution in [-0.4, -0.2) is 6.61 Å². The molecule has 2 nitrogen and oxygen atoms in total. The van der Waals surface area contributed by atoms with Gasteiger partial charge in [-0.15, -0.1) is 0 Å². The number of allylic oxidation sites excluding steroid dienone is 1. The van der Waals surface area contributed by atoms with E-state index in [0.717, 1.165) is 30.8 Å². The van der Waals surface area contributed by atoms with E-state index in [0.29, 0.717) is 0 Å². The zero-order chi connectivity index (χ0) is 13.2. The van der Waals surface area contributed by atoms with Crippen LogP contribution in [0.4, 0.5) is 0 Å². The van der Waals surface area contributed by atoms with E-state index in [1.807, 2.05) is 0 Å². The molecule has 1 aromatic carbocycles. The number of hydrogen-bond acceptors (Lipinski definition) is 2. The Morgan fingerprint density at radius 1 is 1.17 bits per heavy atom. The molecule has 1 atom stereocenters. The summed E-state index contributed by atoms with van der Waals surface area (Å²) in [4.78, 5) is 0. The third-order valence-corrected chi connectivity index (χ3v) is 3.41. The minimum atomic E-state index is -0.126. The topological polar surface area (TPSA) is 35.2 Å². The van der Waals surface area contributed by atoms with E-state index < -0.39 is 0 Å². The molecular formula is C16H23NO. The smallest absolute Gasteiger partial charge is 0.113 e. The van der Waals surface area contributed by atoms with Crippen molar-refractivity contribution in [2.75, 3.05) is 6.61 Å². The van der Waals surface area contributed by atoms with Crippen LogP contribution in [0.5, 0.6) is 0 Å². The molecule has 1 unspecified atom stereocenters. The van der Waals surface area contributed by atoms with Gasteiger partial charge >= 0.3 is 0 Å². The Labute approximate surface area is 110 Å². The molecule has 1 aromatic rings. The first-order valence-corrected chi connectivity index (χ1v) is 6.67. The van der Waals surface area contributed by atoms with Crippen LogP contribution in [0.3, 0.4) is 0 Å². The summed E-state index contributed by atoms with van der Waals surface area (Å²) in [5.41, 5.74) is 8.87. The summed E-state index contributed by atoms with van der Waals surface area (Å²) in [5.74, 6) is 0.921. The molecule has 0 amide bonds. The molecular weight excluding hydrogens is 222 g/mol. The summed E-state index contributed by atoms with van der Waals surface area (Å²) in [6.45, 7) is 7.44. The van der Waals surface area contributed by atoms with Crippen LogP contribution >= 0.6 is 0 Å². The van der Waals surface area contributed by atoms with Crippen LogP contribution in [-0.2, 0) is 10.2 Å². The van der Waals surface area contributed by atoms with Crippen molar-refractivity contribution in [2.24, 2.45) is 5.73 Å². The van der Waals surface area contributed by atoms with Crippen LogP contribution in [0.25, 0.3) is 0 Å². The summed E-state index contributed by atoms with van der Waals surface area (Å²) >= 11 is 0. The van der Waals surface area contributed by atoms with Crippen LogP contribution in [0.2, 0.25) is 0 Å². The van der Waals surface area contributed by atoms with E-state index in [2.05, 4.69) is 51.1 Å². The maximum Gasteiger partial charge on any atom is 0.113 e. The minimum Gasteiger partial charge on any atom is -0.496 e. The zero-order valence-corrected chi connectivity index (χ0v) is 11.6. The SMILES string of the molecule is CC(C)(C)c1ccc(C(N)C2=CCCCO2)cc1. The molecule has 0 radical (unpaired) electrons. The van der Waals surface area contributed by atoms with E-state index >= 15 is 0 Å². The maximum absolute atomic E-state index is 6.24. The third-order valence-electron chi connectivity index (χ3n) is 3.41. The van der Waals surface area contributed by atoms with Crippen molar-refractivity contribution in [1.29, 1.82) is 0 Å². The molecule has 0 aliphatic carbocycles. The number of hydrogen-bond donors (Lipinski definition) is 1. The van der Waals surface area contributed by atoms with E-state index in [1.54, 1.807) is 0 Å². The second-order valence-corrected chi connectivity index (χ2v) is 5.95. The lowest BCUT2D eigenvalue weighted by atomic mass is 9.86. The highest BCUT2D eigenvalue weighted by Crippen LogP contribution is 2.27. The normalized spacial score (nSPS) is 17.9. The highest BCUT2D eigenvalue weighted by molar-refractivity contribution is 5.32. The Morgan fingerprint density at radius 2 is 1.83 bits per heavy atom. The van der Waals surface area contributed by atoms with Gasteiger partial charge < -0.3 is 10.5 Å². The molecule has 0 saturated carbocycles. The van der Waals surface area contributed by atoms with Gasteiger partial charge in [0.1, 0.15) is 5.76 Å². The molecule has 1 aliphatic rings. The Balaban J connectivity index is 2.16. The van der Waals surface area contributed by atoms with Crippen molar-refractivity contribution in [3.63, 3.8) is 0 Å². The fourth-order valence-corrected chi connectivity index (χ4v) is 2.15. The zero-order valence-electron chi connectivity index (χ0n) is 11.6. The lowest BCUT2D eigenvalue weighted by Crippen LogP contribution is -2.18. The molecule has 1 heterocycles. The van der Waals surface area contributed by atoms with E-state index in [4.69, 9.17) is 10.5 Å². The summed E-state index contributed by atoms with van der Waals surface area (Å²) in [6, 6.07) is 8.44. The fraction of sp³-hybridized carbons (Fsp3) is 0.500. The lowest BCUT2D eigenvalue weighted by molar-refractivity contribution is 0.176. The van der Waals surface area contributed by atoms with Gasteiger partial charge in [0.15, 0.2) is 0 Å². The van der Waals surface area contributed by atoms with Crippen LogP contribution in [0.15, 0.2) is 36.1 Å². The Hall–Kier alpha value is -1.28. The van der Waals surface area contributed by atoms with Gasteiger partial charge in [-0.3, -0.25) is 0 Å². The van der Waals surface area contributed by atoms with Crippen molar-refractivity contribution in [3.05, 3.63) is 47.2 Å². The molecule has 0 bridgehead atoms. The average Bonchev–Trinajstić information content (AvgIpc) is 2.38. The highest BCUT2D eigenvalue weighted by atomic mass is 16.5. The van der Waals surface area contributed by atoms with E-state index in [9.17, 15) is 0 Å². The van der Waals surface area contributed by atoms with Crippen LogP contribution < -0.4 is 5.73 Å². The van der Waals surface area contributed by atoms with Crippen molar-refractivity contribution in [1.82, 2.24) is 0 Å². The molecule has 0 aromatic heterocycles. The summed E-state index contributed by atoms with van der Waals surface area (Å²) in [6.07, 6.45) is 4.29. The standard InChI is InChI=1S/C16H23NO/c1-16(2,3)13-9-7-12(8-10-13)15(17)14-6-4-5-11-18-14/h6-10,15H,4-5,11,17H2,1-3H3. The van der Waals surface area contributed by atoms with Crippen molar-refractivity contribution in [2.45, 2.75) is 45.1 Å². The summed E-state index contributed by atoms with van der Waals surface area (Å²) < 4.78 is 5.63. The van der Waals surface area contributed by atoms with Gasteiger partial charge in [0, 0.05) is 0 Å². The van der Waals surface area contributed by atoms with Gasteiger partial charge in [0.25, 0.3) is 0 Å². The molecule has 0 fully saturated rings. The largest absolute Gasteiger partial charge is 0.496 e. The predicted molar refractivity (Wildman–Crippen MR) is 75.3 cm³/mol. The number of rotatable bonds is 2. The minimum absolute atomic E-state index is 0.126. The van der Waals surface area contributed by atoms with Crippen molar-refractivity contribution >= 4 is 0 Å². The summed E-state index contributed by atoms with van der Waals surface area (Å²) in [7, 11) is 0. The first-order chi connectivity index (χ1) is 8.48. The van der Waals surface area contributed by atoms with E-state index in [-0.39, 0.29) is 11.5 Å². The first-order valence-electron chi connectivity index (χ1n) is 6.67. The Morgan fingerprint density at radius 3 is 2.33 bits per heavy atom. The first kappa shape index (κ1) is 13.2. The predicted octanol–water partition coefficient (Wildman–Crippen LogP) is 3.68. The quantitative estimate of drug-likeness (QED) is 0.862. The summed E-state index contributed by atoms with van der Waals surface area (Å²) in [5, 5.41) is 0. The number of ether oxygens (including phenoxy) is 1. The molecule has 1 aliphatic heterocycles. The van der Waals surface area contributed by atoms with Gasteiger partial charge in [-0.25, -0.2) is 0 Å². The molecule has 2 N–H and O–H groups in total. The van der Waals surface area contributed by atoms with Gasteiger partial charge in [-0.05, 0) is 35.5 Å². The van der Waals surface area contributed by atoms with Crippen LogP contribution in [0, 0.1) is 0 Å². The van der Waals surface area contributed by atoms with Gasteiger partial charge in [-0.2, -0.15) is 0 Å². The van der Waals surface area contributed by atoms with Gasteiger partial charge in [-0.1, -0.05) is 45.0 Å². The van der Waals surface area contributed by atoms with Crippen molar-refractivity contribution < 1.29 is 4.74 Å². The van der Waals surface area contributed by atoms with Crippen molar-refractivity contribution in [3.8, 4) is 0 Å².